The van der Waals surface area contributed by atoms with E-state index in [4.69, 9.17) is 14.7 Å². The molecule has 1 aliphatic rings. The van der Waals surface area contributed by atoms with E-state index >= 15 is 0 Å². The summed E-state index contributed by atoms with van der Waals surface area (Å²) in [5, 5.41) is 11.4. The molecule has 1 unspecified atom stereocenters. The Bertz CT molecular complexity index is 1200. The van der Waals surface area contributed by atoms with Crippen LogP contribution in [0.25, 0.3) is 27.2 Å². The largest absolute Gasteiger partial charge is 0.379 e. The van der Waals surface area contributed by atoms with E-state index in [2.05, 4.69) is 32.6 Å². The highest BCUT2D eigenvalue weighted by molar-refractivity contribution is 7.84. The molecule has 0 amide bonds. The standard InChI is InChI=1S/C20H20N6O2S2/c1-30(27)20-24-21-13-26(20)18-17-15(14-5-3-2-4-6-14)12-29-19(17)23-16(22-18)11-25-7-9-28-10-8-25/h2-6,12-13H,7-11H2,1H3. The van der Waals surface area contributed by atoms with Crippen LogP contribution in [-0.4, -0.2) is 66.4 Å². The van der Waals surface area contributed by atoms with Gasteiger partial charge in [0.25, 0.3) is 0 Å². The number of thiophene rings is 1. The van der Waals surface area contributed by atoms with Gasteiger partial charge in [0.05, 0.1) is 35.9 Å². The van der Waals surface area contributed by atoms with Gasteiger partial charge in [-0.15, -0.1) is 21.5 Å². The van der Waals surface area contributed by atoms with Crippen molar-refractivity contribution >= 4 is 32.4 Å². The minimum Gasteiger partial charge on any atom is -0.379 e. The SMILES string of the molecule is CS(=O)c1nncn1-c1nc(CN2CCOCC2)nc2scc(-c3ccccc3)c12. The normalized spacial score (nSPS) is 16.2. The van der Waals surface area contributed by atoms with Crippen molar-refractivity contribution in [3.05, 3.63) is 47.9 Å². The number of hydrogen-bond donors (Lipinski definition) is 0. The van der Waals surface area contributed by atoms with Crippen LogP contribution in [0.4, 0.5) is 0 Å². The molecule has 8 nitrogen and oxygen atoms in total. The fourth-order valence-corrected chi connectivity index (χ4v) is 5.10. The van der Waals surface area contributed by atoms with Crippen LogP contribution in [0.1, 0.15) is 5.82 Å². The van der Waals surface area contributed by atoms with Crippen molar-refractivity contribution in [2.24, 2.45) is 0 Å². The lowest BCUT2D eigenvalue weighted by molar-refractivity contribution is 0.0331. The zero-order valence-corrected chi connectivity index (χ0v) is 18.0. The molecule has 0 radical (unpaired) electrons. The molecule has 10 heteroatoms. The third-order valence-electron chi connectivity index (χ3n) is 5.02. The summed E-state index contributed by atoms with van der Waals surface area (Å²) in [4.78, 5) is 12.9. The van der Waals surface area contributed by atoms with Gasteiger partial charge in [0.15, 0.2) is 5.82 Å². The molecule has 154 valence electrons. The first-order valence-electron chi connectivity index (χ1n) is 9.58. The monoisotopic (exact) mass is 440 g/mol. The Kier molecular flexibility index (Phi) is 5.38. The lowest BCUT2D eigenvalue weighted by atomic mass is 10.1. The molecular formula is C20H20N6O2S2. The van der Waals surface area contributed by atoms with Crippen molar-refractivity contribution in [2.45, 2.75) is 11.7 Å². The fraction of sp³-hybridized carbons (Fsp3) is 0.300. The van der Waals surface area contributed by atoms with E-state index in [-0.39, 0.29) is 0 Å². The summed E-state index contributed by atoms with van der Waals surface area (Å²) in [5.74, 6) is 1.39. The molecule has 1 atom stereocenters. The van der Waals surface area contributed by atoms with Crippen molar-refractivity contribution in [3.63, 3.8) is 0 Å². The van der Waals surface area contributed by atoms with Gasteiger partial charge in [0, 0.05) is 30.3 Å². The number of benzene rings is 1. The van der Waals surface area contributed by atoms with E-state index in [1.807, 2.05) is 18.2 Å². The van der Waals surface area contributed by atoms with Crippen molar-refractivity contribution < 1.29 is 8.95 Å². The summed E-state index contributed by atoms with van der Waals surface area (Å²) in [6, 6.07) is 10.2. The van der Waals surface area contributed by atoms with Gasteiger partial charge < -0.3 is 4.74 Å². The van der Waals surface area contributed by atoms with Crippen LogP contribution in [-0.2, 0) is 22.1 Å². The van der Waals surface area contributed by atoms with Gasteiger partial charge in [0.1, 0.15) is 17.0 Å². The maximum Gasteiger partial charge on any atom is 0.226 e. The van der Waals surface area contributed by atoms with Crippen LogP contribution >= 0.6 is 11.3 Å². The first kappa shape index (κ1) is 19.4. The van der Waals surface area contributed by atoms with Gasteiger partial charge in [-0.3, -0.25) is 13.7 Å². The predicted octanol–water partition coefficient (Wildman–Crippen LogP) is 2.51. The van der Waals surface area contributed by atoms with Gasteiger partial charge in [-0.1, -0.05) is 30.3 Å². The number of aromatic nitrogens is 5. The van der Waals surface area contributed by atoms with E-state index in [9.17, 15) is 4.21 Å². The number of nitrogens with zero attached hydrogens (tertiary/aromatic N) is 6. The molecule has 30 heavy (non-hydrogen) atoms. The second-order valence-electron chi connectivity index (χ2n) is 6.99. The molecule has 0 spiro atoms. The van der Waals surface area contributed by atoms with Crippen LogP contribution in [0.2, 0.25) is 0 Å². The van der Waals surface area contributed by atoms with Gasteiger partial charge in [-0.25, -0.2) is 9.97 Å². The summed E-state index contributed by atoms with van der Waals surface area (Å²) in [6.07, 6.45) is 3.17. The maximum absolute atomic E-state index is 12.3. The van der Waals surface area contributed by atoms with E-state index in [0.29, 0.717) is 17.5 Å². The smallest absolute Gasteiger partial charge is 0.226 e. The third-order valence-corrected chi connectivity index (χ3v) is 6.68. The minimum absolute atomic E-state index is 0.373. The zero-order valence-electron chi connectivity index (χ0n) is 16.4. The first-order valence-corrected chi connectivity index (χ1v) is 12.0. The summed E-state index contributed by atoms with van der Waals surface area (Å²) in [6.45, 7) is 3.78. The van der Waals surface area contributed by atoms with Crippen LogP contribution < -0.4 is 0 Å². The molecule has 0 aliphatic carbocycles. The average molecular weight is 441 g/mol. The number of rotatable bonds is 5. The van der Waals surface area contributed by atoms with E-state index in [1.165, 1.54) is 0 Å². The molecule has 0 bridgehead atoms. The quantitative estimate of drug-likeness (QED) is 0.471. The predicted molar refractivity (Wildman–Crippen MR) is 116 cm³/mol. The Morgan fingerprint density at radius 1 is 1.17 bits per heavy atom. The molecule has 0 saturated carbocycles. The Labute approximate surface area is 180 Å². The summed E-state index contributed by atoms with van der Waals surface area (Å²) >= 11 is 1.59. The number of morpholine rings is 1. The highest BCUT2D eigenvalue weighted by Gasteiger charge is 2.21. The number of fused-ring (bicyclic) bond motifs is 1. The molecule has 1 aliphatic heterocycles. The zero-order chi connectivity index (χ0) is 20.5. The molecule has 4 aromatic rings. The Morgan fingerprint density at radius 3 is 2.73 bits per heavy atom. The van der Waals surface area contributed by atoms with Gasteiger partial charge in [0.2, 0.25) is 5.16 Å². The topological polar surface area (TPSA) is 86.0 Å². The minimum atomic E-state index is -1.30. The summed E-state index contributed by atoms with van der Waals surface area (Å²) in [5.41, 5.74) is 2.13. The first-order chi connectivity index (χ1) is 14.7. The van der Waals surface area contributed by atoms with Crippen molar-refractivity contribution in [1.29, 1.82) is 0 Å². The average Bonchev–Trinajstić information content (AvgIpc) is 3.42. The van der Waals surface area contributed by atoms with Gasteiger partial charge in [-0.05, 0) is 5.56 Å². The fourth-order valence-electron chi connectivity index (χ4n) is 3.57. The molecule has 3 aromatic heterocycles. The second kappa shape index (κ2) is 8.31. The number of hydrogen-bond acceptors (Lipinski definition) is 8. The van der Waals surface area contributed by atoms with Gasteiger partial charge >= 0.3 is 0 Å². The van der Waals surface area contributed by atoms with Crippen molar-refractivity contribution in [2.75, 3.05) is 32.6 Å². The molecule has 1 fully saturated rings. The van der Waals surface area contributed by atoms with Crippen molar-refractivity contribution in [1.82, 2.24) is 29.6 Å². The highest BCUT2D eigenvalue weighted by atomic mass is 32.2. The van der Waals surface area contributed by atoms with Crippen LogP contribution in [0.5, 0.6) is 0 Å². The third kappa shape index (κ3) is 3.67. The Balaban J connectivity index is 1.69. The Morgan fingerprint density at radius 2 is 1.97 bits per heavy atom. The van der Waals surface area contributed by atoms with Crippen molar-refractivity contribution in [3.8, 4) is 16.9 Å². The highest BCUT2D eigenvalue weighted by Crippen LogP contribution is 2.36. The molecule has 4 heterocycles. The molecular weight excluding hydrogens is 420 g/mol. The van der Waals surface area contributed by atoms with Crippen LogP contribution in [0.3, 0.4) is 0 Å². The molecule has 0 N–H and O–H groups in total. The summed E-state index contributed by atoms with van der Waals surface area (Å²) < 4.78 is 19.4. The summed E-state index contributed by atoms with van der Waals surface area (Å²) in [7, 11) is -1.30. The maximum atomic E-state index is 12.3. The van der Waals surface area contributed by atoms with E-state index in [0.717, 1.165) is 53.5 Å². The Hall–Kier alpha value is -2.53. The molecule has 5 rings (SSSR count). The van der Waals surface area contributed by atoms with Gasteiger partial charge in [-0.2, -0.15) is 0 Å². The second-order valence-corrected chi connectivity index (χ2v) is 9.12. The van der Waals surface area contributed by atoms with E-state index in [1.54, 1.807) is 28.5 Å². The van der Waals surface area contributed by atoms with Crippen LogP contribution in [0.15, 0.2) is 47.2 Å². The lowest BCUT2D eigenvalue weighted by Gasteiger charge is -2.25. The number of ether oxygens (including phenoxy) is 1. The molecule has 1 saturated heterocycles. The lowest BCUT2D eigenvalue weighted by Crippen LogP contribution is -2.36. The van der Waals surface area contributed by atoms with Crippen LogP contribution in [0, 0.1) is 0 Å². The molecule has 1 aromatic carbocycles. The van der Waals surface area contributed by atoms with E-state index < -0.39 is 10.8 Å².